The summed E-state index contributed by atoms with van der Waals surface area (Å²) >= 11 is 0. The Balaban J connectivity index is 1.52. The lowest BCUT2D eigenvalue weighted by atomic mass is 9.93. The maximum absolute atomic E-state index is 12.9. The van der Waals surface area contributed by atoms with Crippen LogP contribution in [-0.4, -0.2) is 92.3 Å². The minimum atomic E-state index is -3.65. The zero-order valence-corrected chi connectivity index (χ0v) is 25.1. The summed E-state index contributed by atoms with van der Waals surface area (Å²) < 4.78 is 35.9. The van der Waals surface area contributed by atoms with Crippen LogP contribution in [0, 0.1) is 5.41 Å². The molecule has 4 rings (SSSR count). The minimum Gasteiger partial charge on any atom is -0.393 e. The van der Waals surface area contributed by atoms with E-state index >= 15 is 0 Å². The number of aliphatic hydroxyl groups is 1. The van der Waals surface area contributed by atoms with E-state index in [1.54, 1.807) is 24.3 Å². The van der Waals surface area contributed by atoms with Crippen molar-refractivity contribution in [2.75, 3.05) is 51.3 Å². The van der Waals surface area contributed by atoms with Crippen LogP contribution in [0.5, 0.6) is 0 Å². The molecule has 1 aromatic carbocycles. The van der Waals surface area contributed by atoms with Gasteiger partial charge in [-0.25, -0.2) is 17.8 Å². The van der Waals surface area contributed by atoms with Crippen LogP contribution < -0.4 is 10.0 Å². The zero-order valence-electron chi connectivity index (χ0n) is 24.3. The van der Waals surface area contributed by atoms with Gasteiger partial charge in [-0.2, -0.15) is 5.10 Å². The molecular formula is C29H45N7O4S. The van der Waals surface area contributed by atoms with Crippen molar-refractivity contribution in [3.05, 3.63) is 29.8 Å². The number of sulfonamides is 1. The van der Waals surface area contributed by atoms with E-state index in [1.165, 1.54) is 6.21 Å². The molecule has 1 saturated carbocycles. The fourth-order valence-corrected chi connectivity index (χ4v) is 6.39. The summed E-state index contributed by atoms with van der Waals surface area (Å²) in [6, 6.07) is 6.76. The number of morpholine rings is 1. The molecule has 2 aromatic rings. The van der Waals surface area contributed by atoms with Crippen molar-refractivity contribution in [3.8, 4) is 11.3 Å². The van der Waals surface area contributed by atoms with Crippen LogP contribution in [0.15, 0.2) is 34.2 Å². The van der Waals surface area contributed by atoms with Crippen molar-refractivity contribution in [3.63, 3.8) is 0 Å². The quantitative estimate of drug-likeness (QED) is 0.159. The van der Waals surface area contributed by atoms with Gasteiger partial charge in [0.05, 0.1) is 41.7 Å². The smallest absolute Gasteiger partial charge is 0.240 e. The third-order valence-corrected chi connectivity index (χ3v) is 9.23. The fraction of sp³-hybridized carbons (Fsp3) is 0.621. The average Bonchev–Trinajstić information content (AvgIpc) is 3.34. The van der Waals surface area contributed by atoms with Gasteiger partial charge in [-0.3, -0.25) is 9.89 Å². The van der Waals surface area contributed by atoms with Crippen molar-refractivity contribution < 1.29 is 18.3 Å². The second-order valence-electron chi connectivity index (χ2n) is 10.8. The molecule has 2 aliphatic rings. The van der Waals surface area contributed by atoms with Gasteiger partial charge in [-0.05, 0) is 64.1 Å². The molecule has 4 N–H and O–H groups in total. The Morgan fingerprint density at radius 2 is 1.88 bits per heavy atom. The Bertz CT molecular complexity index is 1260. The van der Waals surface area contributed by atoms with Crippen LogP contribution in [0.25, 0.3) is 11.3 Å². The van der Waals surface area contributed by atoms with Crippen LogP contribution in [0.1, 0.15) is 70.4 Å². The molecule has 0 spiro atoms. The second-order valence-corrected chi connectivity index (χ2v) is 12.6. The topological polar surface area (TPSA) is 145 Å². The molecular weight excluding hydrogens is 542 g/mol. The number of hydrogen-bond donors (Lipinski definition) is 4. The van der Waals surface area contributed by atoms with Gasteiger partial charge in [0.2, 0.25) is 10.0 Å². The molecule has 0 bridgehead atoms. The maximum Gasteiger partial charge on any atom is 0.240 e. The molecule has 0 radical (unpaired) electrons. The lowest BCUT2D eigenvalue weighted by molar-refractivity contribution is 0.0376. The van der Waals surface area contributed by atoms with E-state index in [4.69, 9.17) is 15.2 Å². The third-order valence-electron chi connectivity index (χ3n) is 7.75. The van der Waals surface area contributed by atoms with Gasteiger partial charge in [0.25, 0.3) is 0 Å². The molecule has 1 aliphatic carbocycles. The number of benzene rings is 1. The van der Waals surface area contributed by atoms with Crippen molar-refractivity contribution in [2.45, 2.75) is 75.8 Å². The van der Waals surface area contributed by atoms with E-state index in [0.717, 1.165) is 82.9 Å². The zero-order chi connectivity index (χ0) is 29.2. The molecule has 1 saturated heterocycles. The molecule has 0 atom stereocenters. The highest BCUT2D eigenvalue weighted by molar-refractivity contribution is 7.89. The van der Waals surface area contributed by atoms with E-state index in [-0.39, 0.29) is 17.0 Å². The Morgan fingerprint density at radius 3 is 2.54 bits per heavy atom. The van der Waals surface area contributed by atoms with Gasteiger partial charge < -0.3 is 20.6 Å². The Morgan fingerprint density at radius 1 is 1.17 bits per heavy atom. The number of aromatic nitrogens is 2. The van der Waals surface area contributed by atoms with Gasteiger partial charge in [0.1, 0.15) is 11.5 Å². The first-order chi connectivity index (χ1) is 19.8. The van der Waals surface area contributed by atoms with Crippen molar-refractivity contribution in [1.29, 1.82) is 5.41 Å². The largest absolute Gasteiger partial charge is 0.393 e. The molecule has 1 aliphatic heterocycles. The normalized spacial score (nSPS) is 20.7. The highest BCUT2D eigenvalue weighted by atomic mass is 32.2. The first kappa shape index (κ1) is 31.3. The first-order valence-corrected chi connectivity index (χ1v) is 16.3. The Labute approximate surface area is 243 Å². The monoisotopic (exact) mass is 587 g/mol. The van der Waals surface area contributed by atoms with Crippen molar-refractivity contribution >= 4 is 27.9 Å². The number of rotatable bonds is 13. The lowest BCUT2D eigenvalue weighted by Crippen LogP contribution is -2.38. The Kier molecular flexibility index (Phi) is 11.5. The van der Waals surface area contributed by atoms with Crippen LogP contribution >= 0.6 is 0 Å². The number of unbranched alkanes of at least 4 members (excludes halogenated alkanes) is 1. The van der Waals surface area contributed by atoms with Crippen LogP contribution in [0.2, 0.25) is 0 Å². The van der Waals surface area contributed by atoms with E-state index < -0.39 is 10.0 Å². The molecule has 1 aromatic heterocycles. The van der Waals surface area contributed by atoms with Crippen molar-refractivity contribution in [2.24, 2.45) is 4.99 Å². The summed E-state index contributed by atoms with van der Waals surface area (Å²) in [6.45, 7) is 9.19. The van der Waals surface area contributed by atoms with Crippen LogP contribution in [0.4, 0.5) is 5.82 Å². The number of aliphatic imine (C=N–C) groups is 1. The number of hydrogen-bond acceptors (Lipinski definition) is 8. The first-order valence-electron chi connectivity index (χ1n) is 14.8. The number of aliphatic hydroxyl groups excluding tert-OH is 1. The molecule has 12 heteroatoms. The van der Waals surface area contributed by atoms with Gasteiger partial charge in [0.15, 0.2) is 0 Å². The van der Waals surface area contributed by atoms with E-state index in [0.29, 0.717) is 36.5 Å². The standard InChI is InChI=1S/C29H45N7O4S/c1-3-4-14-31-22(2)33-29-27(21-30)28(34-36(29)24-8-10-25(37)11-9-24)23-6-12-26(13-7-23)41(38,39)32-15-5-16-35-17-19-40-20-18-35/h6-7,12-13,21,24-25,30,32,37H,3-5,8-11,14-20H2,1-2H3,(H,31,33). The molecule has 2 heterocycles. The summed E-state index contributed by atoms with van der Waals surface area (Å²) in [5.74, 6) is 1.46. The minimum absolute atomic E-state index is 0.0816. The molecule has 226 valence electrons. The fourth-order valence-electron chi connectivity index (χ4n) is 5.31. The highest BCUT2D eigenvalue weighted by Gasteiger charge is 2.27. The number of anilines is 1. The van der Waals surface area contributed by atoms with E-state index in [1.807, 2.05) is 11.6 Å². The maximum atomic E-state index is 12.9. The molecule has 0 amide bonds. The summed E-state index contributed by atoms with van der Waals surface area (Å²) in [7, 11) is -3.65. The SMILES string of the molecule is CCCCN=C(C)Nc1c(C=N)c(-c2ccc(S(=O)(=O)NCCCN3CCOCC3)cc2)nn1C1CCC(O)CC1. The van der Waals surface area contributed by atoms with Gasteiger partial charge in [0, 0.05) is 38.0 Å². The predicted octanol–water partition coefficient (Wildman–Crippen LogP) is 3.65. The molecule has 0 unspecified atom stereocenters. The molecule has 41 heavy (non-hydrogen) atoms. The van der Waals surface area contributed by atoms with E-state index in [9.17, 15) is 13.5 Å². The number of nitrogens with zero attached hydrogens (tertiary/aromatic N) is 4. The summed E-state index contributed by atoms with van der Waals surface area (Å²) in [6.07, 6.45) is 6.77. The third kappa shape index (κ3) is 8.45. The van der Waals surface area contributed by atoms with Crippen LogP contribution in [-0.2, 0) is 14.8 Å². The summed E-state index contributed by atoms with van der Waals surface area (Å²) in [5, 5.41) is 26.6. The summed E-state index contributed by atoms with van der Waals surface area (Å²) in [4.78, 5) is 7.11. The number of amidine groups is 1. The van der Waals surface area contributed by atoms with Gasteiger partial charge in [-0.15, -0.1) is 0 Å². The number of ether oxygens (including phenoxy) is 1. The van der Waals surface area contributed by atoms with E-state index in [2.05, 4.69) is 26.9 Å². The summed E-state index contributed by atoms with van der Waals surface area (Å²) in [5.41, 5.74) is 1.96. The molecule has 2 fully saturated rings. The average molecular weight is 588 g/mol. The van der Waals surface area contributed by atoms with Gasteiger partial charge >= 0.3 is 0 Å². The second kappa shape index (κ2) is 15.0. The predicted molar refractivity (Wildman–Crippen MR) is 163 cm³/mol. The highest BCUT2D eigenvalue weighted by Crippen LogP contribution is 2.36. The lowest BCUT2D eigenvalue weighted by Gasteiger charge is -2.27. The van der Waals surface area contributed by atoms with Gasteiger partial charge in [-0.1, -0.05) is 25.5 Å². The van der Waals surface area contributed by atoms with Crippen molar-refractivity contribution in [1.82, 2.24) is 19.4 Å². The van der Waals surface area contributed by atoms with Crippen LogP contribution in [0.3, 0.4) is 0 Å². The number of nitrogens with one attached hydrogen (secondary N) is 3. The Hall–Kier alpha value is -2.64. The molecule has 11 nitrogen and oxygen atoms in total.